The molecule has 104 valence electrons. The molecule has 0 N–H and O–H groups in total. The van der Waals surface area contributed by atoms with Crippen LogP contribution < -0.4 is 0 Å². The molecule has 0 amide bonds. The molecule has 0 radical (unpaired) electrons. The van der Waals surface area contributed by atoms with E-state index in [1.54, 1.807) is 0 Å². The quantitative estimate of drug-likeness (QED) is 0.733. The molecule has 3 aromatic rings. The normalized spacial score (nSPS) is 14.5. The number of ketones is 1. The molecule has 1 aromatic heterocycles. The van der Waals surface area contributed by atoms with Gasteiger partial charge < -0.3 is 4.52 Å². The van der Waals surface area contributed by atoms with Gasteiger partial charge in [-0.15, -0.1) is 0 Å². The van der Waals surface area contributed by atoms with Gasteiger partial charge in [-0.3, -0.25) is 4.79 Å². The number of carbonyl (C=O) groups excluding carboxylic acids is 1. The first-order chi connectivity index (χ1) is 10.3. The average molecular weight is 278 g/mol. The lowest BCUT2D eigenvalue weighted by Crippen LogP contribution is -2.04. The molecule has 1 saturated carbocycles. The summed E-state index contributed by atoms with van der Waals surface area (Å²) in [4.78, 5) is 16.2. The second kappa shape index (κ2) is 4.81. The lowest BCUT2D eigenvalue weighted by molar-refractivity contribution is -0.119. The van der Waals surface area contributed by atoms with Gasteiger partial charge in [0.2, 0.25) is 11.7 Å². The van der Waals surface area contributed by atoms with Crippen molar-refractivity contribution in [3.63, 3.8) is 0 Å². The molecule has 1 aliphatic carbocycles. The summed E-state index contributed by atoms with van der Waals surface area (Å²) in [6, 6.07) is 14.1. The van der Waals surface area contributed by atoms with E-state index in [1.165, 1.54) is 0 Å². The molecule has 0 unspecified atom stereocenters. The molecule has 4 rings (SSSR count). The number of benzene rings is 2. The standard InChI is InChI=1S/C17H14N2O2/c20-15(12-8-9-12)10-16-18-17(19-21-16)14-7-3-5-11-4-1-2-6-13(11)14/h1-7,12H,8-10H2. The molecule has 0 aliphatic heterocycles. The highest BCUT2D eigenvalue weighted by Gasteiger charge is 2.30. The van der Waals surface area contributed by atoms with Crippen LogP contribution in [-0.4, -0.2) is 15.9 Å². The number of rotatable bonds is 4. The van der Waals surface area contributed by atoms with Gasteiger partial charge in [0.1, 0.15) is 5.78 Å². The van der Waals surface area contributed by atoms with E-state index in [0.29, 0.717) is 11.7 Å². The van der Waals surface area contributed by atoms with E-state index in [-0.39, 0.29) is 18.1 Å². The second-order valence-corrected chi connectivity index (χ2v) is 5.46. The van der Waals surface area contributed by atoms with Gasteiger partial charge in [-0.2, -0.15) is 4.98 Å². The van der Waals surface area contributed by atoms with Gasteiger partial charge >= 0.3 is 0 Å². The Bertz CT molecular complexity index is 813. The van der Waals surface area contributed by atoms with E-state index in [9.17, 15) is 4.79 Å². The fraction of sp³-hybridized carbons (Fsp3) is 0.235. The zero-order chi connectivity index (χ0) is 14.2. The lowest BCUT2D eigenvalue weighted by atomic mass is 10.0. The summed E-state index contributed by atoms with van der Waals surface area (Å²) in [5, 5.41) is 6.25. The molecule has 0 atom stereocenters. The van der Waals surface area contributed by atoms with Crippen LogP contribution in [0.15, 0.2) is 47.0 Å². The monoisotopic (exact) mass is 278 g/mol. The second-order valence-electron chi connectivity index (χ2n) is 5.46. The third-order valence-electron chi connectivity index (χ3n) is 3.86. The summed E-state index contributed by atoms with van der Waals surface area (Å²) in [7, 11) is 0. The molecular weight excluding hydrogens is 264 g/mol. The molecule has 1 fully saturated rings. The van der Waals surface area contributed by atoms with Crippen LogP contribution in [-0.2, 0) is 11.2 Å². The lowest BCUT2D eigenvalue weighted by Gasteiger charge is -2.01. The predicted octanol–water partition coefficient (Wildman–Crippen LogP) is 3.41. The van der Waals surface area contributed by atoms with Gasteiger partial charge in [0, 0.05) is 11.5 Å². The SMILES string of the molecule is O=C(Cc1nc(-c2cccc3ccccc23)no1)C1CC1. The van der Waals surface area contributed by atoms with E-state index >= 15 is 0 Å². The van der Waals surface area contributed by atoms with Crippen LogP contribution in [0.25, 0.3) is 22.2 Å². The van der Waals surface area contributed by atoms with Crippen molar-refractivity contribution in [1.82, 2.24) is 10.1 Å². The minimum Gasteiger partial charge on any atom is -0.339 e. The number of Topliss-reactive ketones (excluding diaryl/α,β-unsaturated/α-hetero) is 1. The molecule has 21 heavy (non-hydrogen) atoms. The molecule has 1 aliphatic rings. The first-order valence-corrected chi connectivity index (χ1v) is 7.15. The maximum atomic E-state index is 11.8. The van der Waals surface area contributed by atoms with Crippen molar-refractivity contribution in [3.8, 4) is 11.4 Å². The molecule has 1 heterocycles. The molecule has 0 spiro atoms. The summed E-state index contributed by atoms with van der Waals surface area (Å²) in [5.74, 6) is 1.39. The van der Waals surface area contributed by atoms with Crippen LogP contribution >= 0.6 is 0 Å². The van der Waals surface area contributed by atoms with E-state index < -0.39 is 0 Å². The number of nitrogens with zero attached hydrogens (tertiary/aromatic N) is 2. The highest BCUT2D eigenvalue weighted by atomic mass is 16.5. The Morgan fingerprint density at radius 3 is 2.81 bits per heavy atom. The number of hydrogen-bond acceptors (Lipinski definition) is 4. The van der Waals surface area contributed by atoms with Crippen molar-refractivity contribution >= 4 is 16.6 Å². The Morgan fingerprint density at radius 1 is 1.14 bits per heavy atom. The van der Waals surface area contributed by atoms with Crippen LogP contribution in [0.5, 0.6) is 0 Å². The largest absolute Gasteiger partial charge is 0.339 e. The zero-order valence-electron chi connectivity index (χ0n) is 11.5. The Labute approximate surface area is 121 Å². The van der Waals surface area contributed by atoms with E-state index in [0.717, 1.165) is 29.2 Å². The minimum absolute atomic E-state index is 0.211. The maximum absolute atomic E-state index is 11.8. The van der Waals surface area contributed by atoms with Crippen molar-refractivity contribution in [3.05, 3.63) is 48.4 Å². The molecule has 0 saturated heterocycles. The number of aromatic nitrogens is 2. The first-order valence-electron chi connectivity index (χ1n) is 7.15. The summed E-state index contributed by atoms with van der Waals surface area (Å²) in [6.07, 6.45) is 2.26. The van der Waals surface area contributed by atoms with Gasteiger partial charge in [-0.1, -0.05) is 47.6 Å². The maximum Gasteiger partial charge on any atom is 0.234 e. The molecule has 4 heteroatoms. The minimum atomic E-state index is 0.211. The van der Waals surface area contributed by atoms with Crippen LogP contribution in [0, 0.1) is 5.92 Å². The Hall–Kier alpha value is -2.49. The summed E-state index contributed by atoms with van der Waals surface area (Å²) < 4.78 is 5.23. The predicted molar refractivity (Wildman–Crippen MR) is 78.7 cm³/mol. The van der Waals surface area contributed by atoms with Gasteiger partial charge in [-0.25, -0.2) is 0 Å². The summed E-state index contributed by atoms with van der Waals surface area (Å²) >= 11 is 0. The van der Waals surface area contributed by atoms with Gasteiger partial charge in [0.25, 0.3) is 0 Å². The number of hydrogen-bond donors (Lipinski definition) is 0. The first kappa shape index (κ1) is 12.3. The van der Waals surface area contributed by atoms with Crippen molar-refractivity contribution in [2.24, 2.45) is 5.92 Å². The Morgan fingerprint density at radius 2 is 1.95 bits per heavy atom. The molecule has 4 nitrogen and oxygen atoms in total. The van der Waals surface area contributed by atoms with E-state index in [2.05, 4.69) is 22.3 Å². The number of carbonyl (C=O) groups is 1. The van der Waals surface area contributed by atoms with Crippen LogP contribution in [0.1, 0.15) is 18.7 Å². The van der Waals surface area contributed by atoms with Crippen LogP contribution in [0.3, 0.4) is 0 Å². The van der Waals surface area contributed by atoms with Crippen molar-refractivity contribution < 1.29 is 9.32 Å². The third kappa shape index (κ3) is 2.33. The van der Waals surface area contributed by atoms with Gasteiger partial charge in [0.15, 0.2) is 0 Å². The van der Waals surface area contributed by atoms with Crippen molar-refractivity contribution in [1.29, 1.82) is 0 Å². The molecule has 2 aromatic carbocycles. The summed E-state index contributed by atoms with van der Waals surface area (Å²) in [5.41, 5.74) is 0.932. The zero-order valence-corrected chi connectivity index (χ0v) is 11.5. The average Bonchev–Trinajstić information content (AvgIpc) is 3.27. The fourth-order valence-corrected chi connectivity index (χ4v) is 2.56. The van der Waals surface area contributed by atoms with Gasteiger partial charge in [0.05, 0.1) is 6.42 Å². The highest BCUT2D eigenvalue weighted by molar-refractivity contribution is 5.95. The molecule has 0 bridgehead atoms. The fourth-order valence-electron chi connectivity index (χ4n) is 2.56. The Balaban J connectivity index is 1.69. The smallest absolute Gasteiger partial charge is 0.234 e. The van der Waals surface area contributed by atoms with Crippen molar-refractivity contribution in [2.75, 3.05) is 0 Å². The van der Waals surface area contributed by atoms with Crippen LogP contribution in [0.2, 0.25) is 0 Å². The van der Waals surface area contributed by atoms with Crippen molar-refractivity contribution in [2.45, 2.75) is 19.3 Å². The highest BCUT2D eigenvalue weighted by Crippen LogP contribution is 2.31. The topological polar surface area (TPSA) is 56.0 Å². The molecular formula is C17H14N2O2. The number of fused-ring (bicyclic) bond motifs is 1. The Kier molecular flexibility index (Phi) is 2.81. The van der Waals surface area contributed by atoms with Gasteiger partial charge in [-0.05, 0) is 23.6 Å². The van der Waals surface area contributed by atoms with E-state index in [4.69, 9.17) is 4.52 Å². The summed E-state index contributed by atoms with van der Waals surface area (Å²) in [6.45, 7) is 0. The third-order valence-corrected chi connectivity index (χ3v) is 3.86. The van der Waals surface area contributed by atoms with Crippen LogP contribution in [0.4, 0.5) is 0 Å². The van der Waals surface area contributed by atoms with E-state index in [1.807, 2.05) is 30.3 Å².